The van der Waals surface area contributed by atoms with Crippen LogP contribution >= 0.6 is 23.2 Å². The van der Waals surface area contributed by atoms with Gasteiger partial charge in [0.05, 0.1) is 15.7 Å². The Kier molecular flexibility index (Phi) is 4.16. The van der Waals surface area contributed by atoms with Crippen LogP contribution in [0.5, 0.6) is 0 Å². The SMILES string of the molecule is CC1(O)OC(O)C(c2ncc(Cl)cc2Cl)=C1c1ccc(F)cc1. The van der Waals surface area contributed by atoms with E-state index < -0.39 is 17.9 Å². The second-order valence-electron chi connectivity index (χ2n) is 5.23. The molecule has 0 aliphatic carbocycles. The lowest BCUT2D eigenvalue weighted by molar-refractivity contribution is -0.203. The summed E-state index contributed by atoms with van der Waals surface area (Å²) in [4.78, 5) is 4.12. The van der Waals surface area contributed by atoms with Crippen molar-refractivity contribution in [3.8, 4) is 0 Å². The van der Waals surface area contributed by atoms with Gasteiger partial charge in [-0.1, -0.05) is 35.3 Å². The minimum absolute atomic E-state index is 0.201. The molecule has 1 aliphatic heterocycles. The molecule has 1 aromatic heterocycles. The molecule has 4 nitrogen and oxygen atoms in total. The van der Waals surface area contributed by atoms with Crippen LogP contribution in [0, 0.1) is 5.82 Å². The zero-order valence-corrected chi connectivity index (χ0v) is 13.4. The summed E-state index contributed by atoms with van der Waals surface area (Å²) in [5.74, 6) is -2.20. The summed E-state index contributed by atoms with van der Waals surface area (Å²) >= 11 is 12.0. The summed E-state index contributed by atoms with van der Waals surface area (Å²) in [5, 5.41) is 21.2. The van der Waals surface area contributed by atoms with E-state index in [1.54, 1.807) is 0 Å². The van der Waals surface area contributed by atoms with Crippen LogP contribution < -0.4 is 0 Å². The molecule has 0 spiro atoms. The third-order valence-corrected chi connectivity index (χ3v) is 4.01. The molecule has 2 N–H and O–H groups in total. The Morgan fingerprint density at radius 3 is 2.52 bits per heavy atom. The van der Waals surface area contributed by atoms with Crippen LogP contribution in [0.2, 0.25) is 10.0 Å². The van der Waals surface area contributed by atoms with Crippen molar-refractivity contribution in [1.82, 2.24) is 4.98 Å². The Bertz CT molecular complexity index is 790. The molecule has 0 saturated heterocycles. The fourth-order valence-corrected chi connectivity index (χ4v) is 3.08. The predicted octanol–water partition coefficient (Wildman–Crippen LogP) is 3.50. The number of ether oxygens (including phenoxy) is 1. The first-order chi connectivity index (χ1) is 10.8. The zero-order valence-electron chi connectivity index (χ0n) is 11.9. The van der Waals surface area contributed by atoms with Gasteiger partial charge in [0, 0.05) is 17.3 Å². The van der Waals surface area contributed by atoms with Crippen molar-refractivity contribution < 1.29 is 19.3 Å². The van der Waals surface area contributed by atoms with Crippen LogP contribution in [-0.4, -0.2) is 27.3 Å². The van der Waals surface area contributed by atoms with Gasteiger partial charge in [0.1, 0.15) is 5.82 Å². The lowest BCUT2D eigenvalue weighted by Crippen LogP contribution is -2.27. The highest BCUT2D eigenvalue weighted by atomic mass is 35.5. The summed E-state index contributed by atoms with van der Waals surface area (Å²) in [7, 11) is 0. The lowest BCUT2D eigenvalue weighted by atomic mass is 9.93. The minimum atomic E-state index is -1.78. The monoisotopic (exact) mass is 355 g/mol. The molecule has 2 atom stereocenters. The maximum atomic E-state index is 13.2. The number of halogens is 3. The molecule has 2 aromatic rings. The largest absolute Gasteiger partial charge is 0.364 e. The zero-order chi connectivity index (χ0) is 16.8. The number of benzene rings is 1. The van der Waals surface area contributed by atoms with Crippen molar-refractivity contribution in [1.29, 1.82) is 0 Å². The van der Waals surface area contributed by atoms with E-state index >= 15 is 0 Å². The van der Waals surface area contributed by atoms with Gasteiger partial charge in [-0.15, -0.1) is 0 Å². The number of nitrogens with zero attached hydrogens (tertiary/aromatic N) is 1. The number of hydrogen-bond donors (Lipinski definition) is 2. The molecular weight excluding hydrogens is 344 g/mol. The maximum absolute atomic E-state index is 13.2. The first-order valence-electron chi connectivity index (χ1n) is 6.70. The van der Waals surface area contributed by atoms with Crippen molar-refractivity contribution in [3.05, 3.63) is 63.6 Å². The quantitative estimate of drug-likeness (QED) is 0.865. The van der Waals surface area contributed by atoms with Crippen molar-refractivity contribution in [2.24, 2.45) is 0 Å². The van der Waals surface area contributed by atoms with Crippen LogP contribution in [0.15, 0.2) is 36.5 Å². The molecule has 1 aliphatic rings. The molecule has 0 radical (unpaired) electrons. The van der Waals surface area contributed by atoms with Gasteiger partial charge in [0.15, 0.2) is 12.1 Å². The molecule has 3 rings (SSSR count). The molecule has 0 fully saturated rings. The van der Waals surface area contributed by atoms with Crippen molar-refractivity contribution in [2.45, 2.75) is 19.0 Å². The van der Waals surface area contributed by atoms with Gasteiger partial charge >= 0.3 is 0 Å². The second kappa shape index (κ2) is 5.85. The van der Waals surface area contributed by atoms with Crippen molar-refractivity contribution in [3.63, 3.8) is 0 Å². The van der Waals surface area contributed by atoms with E-state index in [2.05, 4.69) is 4.98 Å². The lowest BCUT2D eigenvalue weighted by Gasteiger charge is -2.21. The smallest absolute Gasteiger partial charge is 0.193 e. The Labute approximate surface area is 141 Å². The van der Waals surface area contributed by atoms with E-state index in [0.29, 0.717) is 10.6 Å². The Morgan fingerprint density at radius 1 is 1.26 bits per heavy atom. The van der Waals surface area contributed by atoms with Gasteiger partial charge in [-0.3, -0.25) is 4.98 Å². The van der Waals surface area contributed by atoms with E-state index in [1.807, 2.05) is 0 Å². The van der Waals surface area contributed by atoms with Gasteiger partial charge in [-0.05, 0) is 30.7 Å². The molecule has 0 amide bonds. The van der Waals surface area contributed by atoms with E-state index in [4.69, 9.17) is 27.9 Å². The van der Waals surface area contributed by atoms with Crippen LogP contribution in [0.4, 0.5) is 4.39 Å². The van der Waals surface area contributed by atoms with Crippen LogP contribution in [0.3, 0.4) is 0 Å². The molecular formula is C16H12Cl2FNO3. The maximum Gasteiger partial charge on any atom is 0.193 e. The van der Waals surface area contributed by atoms with Gasteiger partial charge < -0.3 is 14.9 Å². The third-order valence-electron chi connectivity index (χ3n) is 3.52. The Morgan fingerprint density at radius 2 is 1.91 bits per heavy atom. The summed E-state index contributed by atoms with van der Waals surface area (Å²) in [5.41, 5.74) is 1.20. The molecule has 1 aromatic carbocycles. The van der Waals surface area contributed by atoms with E-state index in [0.717, 1.165) is 0 Å². The molecule has 23 heavy (non-hydrogen) atoms. The number of hydrogen-bond acceptors (Lipinski definition) is 4. The summed E-state index contributed by atoms with van der Waals surface area (Å²) in [6.45, 7) is 1.38. The van der Waals surface area contributed by atoms with Gasteiger partial charge in [-0.2, -0.15) is 0 Å². The second-order valence-corrected chi connectivity index (χ2v) is 6.08. The molecule has 120 valence electrons. The first-order valence-corrected chi connectivity index (χ1v) is 7.45. The van der Waals surface area contributed by atoms with Crippen molar-refractivity contribution >= 4 is 34.3 Å². The topological polar surface area (TPSA) is 62.6 Å². The average molecular weight is 356 g/mol. The predicted molar refractivity (Wildman–Crippen MR) is 85.2 cm³/mol. The van der Waals surface area contributed by atoms with E-state index in [-0.39, 0.29) is 21.9 Å². The Balaban J connectivity index is 2.26. The fraction of sp³-hybridized carbons (Fsp3) is 0.188. The Hall–Kier alpha value is -1.50. The van der Waals surface area contributed by atoms with E-state index in [1.165, 1.54) is 43.5 Å². The van der Waals surface area contributed by atoms with Crippen LogP contribution in [-0.2, 0) is 4.74 Å². The molecule has 7 heteroatoms. The fourth-order valence-electron chi connectivity index (χ4n) is 2.60. The van der Waals surface area contributed by atoms with Gasteiger partial charge in [0.25, 0.3) is 0 Å². The number of aliphatic hydroxyl groups excluding tert-OH is 1. The normalized spacial score (nSPS) is 24.3. The summed E-state index contributed by atoms with van der Waals surface area (Å²) < 4.78 is 18.4. The highest BCUT2D eigenvalue weighted by Crippen LogP contribution is 2.45. The van der Waals surface area contributed by atoms with E-state index in [9.17, 15) is 14.6 Å². The highest BCUT2D eigenvalue weighted by molar-refractivity contribution is 6.35. The molecule has 2 heterocycles. The standard InChI is InChI=1S/C16H12Cl2FNO3/c1-16(22)13(8-2-4-10(19)5-3-8)12(15(21)23-16)14-11(18)6-9(17)7-20-14/h2-7,15,21-22H,1H3. The van der Waals surface area contributed by atoms with Crippen LogP contribution in [0.25, 0.3) is 11.1 Å². The third kappa shape index (κ3) is 2.98. The van der Waals surface area contributed by atoms with Crippen molar-refractivity contribution in [2.75, 3.05) is 0 Å². The minimum Gasteiger partial charge on any atom is -0.364 e. The number of pyridine rings is 1. The number of rotatable bonds is 2. The first kappa shape index (κ1) is 16.4. The number of aliphatic hydroxyl groups is 2. The van der Waals surface area contributed by atoms with Gasteiger partial charge in [0.2, 0.25) is 0 Å². The summed E-state index contributed by atoms with van der Waals surface area (Å²) in [6.07, 6.45) is -0.0612. The highest BCUT2D eigenvalue weighted by Gasteiger charge is 2.44. The molecule has 0 bridgehead atoms. The van der Waals surface area contributed by atoms with Crippen LogP contribution in [0.1, 0.15) is 18.2 Å². The van der Waals surface area contributed by atoms with Gasteiger partial charge in [-0.25, -0.2) is 4.39 Å². The molecule has 0 saturated carbocycles. The number of aromatic nitrogens is 1. The summed E-state index contributed by atoms with van der Waals surface area (Å²) in [6, 6.07) is 6.92. The average Bonchev–Trinajstić information content (AvgIpc) is 2.69. The molecule has 2 unspecified atom stereocenters.